The van der Waals surface area contributed by atoms with Gasteiger partial charge in [0.25, 0.3) is 0 Å². The van der Waals surface area contributed by atoms with E-state index in [4.69, 9.17) is 16.2 Å². The molecule has 20 unspecified atom stereocenters. The summed E-state index contributed by atoms with van der Waals surface area (Å²) in [6, 6.07) is 0.765. The highest BCUT2D eigenvalue weighted by Crippen LogP contribution is 2.74. The number of guanidine groups is 1. The van der Waals surface area contributed by atoms with Crippen molar-refractivity contribution in [2.45, 2.75) is 185 Å². The molecular weight excluding hydrogens is 951 g/mol. The first-order valence-corrected chi connectivity index (χ1v) is 28.9. The summed E-state index contributed by atoms with van der Waals surface area (Å²) in [5.74, 6) is 3.91. The molecule has 20 atom stereocenters. The lowest BCUT2D eigenvalue weighted by Gasteiger charge is -2.65. The Labute approximate surface area is 443 Å². The maximum atomic E-state index is 15.9. The van der Waals surface area contributed by atoms with Crippen LogP contribution in [-0.2, 0) is 19.1 Å². The number of aliphatic imine (C=N–C) groups is 1. The maximum Gasteiger partial charge on any atom is 0.313 e. The van der Waals surface area contributed by atoms with Crippen LogP contribution in [0.4, 0.5) is 0 Å². The predicted molar refractivity (Wildman–Crippen MR) is 283 cm³/mol. The second kappa shape index (κ2) is 21.0. The Bertz CT molecular complexity index is 2470. The summed E-state index contributed by atoms with van der Waals surface area (Å²) in [5.41, 5.74) is 9.11. The zero-order chi connectivity index (χ0) is 53.4. The number of carbonyl (C=O) groups is 3. The molecule has 1 aliphatic heterocycles. The van der Waals surface area contributed by atoms with Crippen LogP contribution in [0.3, 0.4) is 0 Å². The molecule has 0 aromatic carbocycles. The molecule has 5 saturated carbocycles. The van der Waals surface area contributed by atoms with E-state index in [2.05, 4.69) is 47.1 Å². The van der Waals surface area contributed by atoms with Gasteiger partial charge in [0, 0.05) is 54.4 Å². The number of carbonyl (C=O) groups excluding carboxylic acids is 3. The monoisotopic (exact) mass is 1040 g/mol. The van der Waals surface area contributed by atoms with Crippen molar-refractivity contribution in [2.75, 3.05) is 19.8 Å². The zero-order valence-corrected chi connectivity index (χ0v) is 44.9. The Morgan fingerprint density at radius 2 is 1.75 bits per heavy atom. The fourth-order valence-corrected chi connectivity index (χ4v) is 18.8. The molecule has 1 saturated heterocycles. The molecule has 0 spiro atoms. The number of aromatic amines is 1. The Hall–Kier alpha value is -4.04. The van der Waals surface area contributed by atoms with Gasteiger partial charge in [0.1, 0.15) is 6.04 Å². The highest BCUT2D eigenvalue weighted by molar-refractivity contribution is 6.01. The fraction of sp³-hybridized carbons (Fsp3) is 0.767. The number of nitrogens with one attached hydrogen (secondary N) is 2. The molecule has 15 heteroatoms. The molecule has 6 fully saturated rings. The van der Waals surface area contributed by atoms with E-state index in [0.29, 0.717) is 30.3 Å². The number of Topliss-reactive ketones (excluding diaryl/α,β-unsaturated/α-hetero) is 2. The first kappa shape index (κ1) is 54.3. The van der Waals surface area contributed by atoms with Crippen LogP contribution in [0, 0.1) is 93.7 Å². The Morgan fingerprint density at radius 3 is 2.45 bits per heavy atom. The Kier molecular flexibility index (Phi) is 15.2. The molecule has 412 valence electrons. The normalized spacial score (nSPS) is 44.5. The topological polar surface area (TPSA) is 274 Å². The number of H-pyrrole nitrogens is 1. The maximum absolute atomic E-state index is 15.9. The van der Waals surface area contributed by atoms with Gasteiger partial charge >= 0.3 is 5.97 Å². The molecular formula is C60H87N5O10. The Balaban J connectivity index is 1.17. The first-order chi connectivity index (χ1) is 35.8. The quantitative estimate of drug-likeness (QED) is 0.0468. The van der Waals surface area contributed by atoms with Crippen molar-refractivity contribution < 1.29 is 49.8 Å². The molecule has 8 aliphatic carbocycles. The number of nitrogens with two attached hydrogens (primary N) is 2. The summed E-state index contributed by atoms with van der Waals surface area (Å²) in [4.78, 5) is 50.6. The smallest absolute Gasteiger partial charge is 0.313 e. The van der Waals surface area contributed by atoms with Crippen molar-refractivity contribution >= 4 is 23.5 Å². The van der Waals surface area contributed by atoms with Crippen molar-refractivity contribution in [3.63, 3.8) is 0 Å². The molecule has 1 aromatic rings. The van der Waals surface area contributed by atoms with Crippen molar-refractivity contribution in [3.05, 3.63) is 46.9 Å². The number of ether oxygens (including phenoxy) is 1. The fourth-order valence-electron chi connectivity index (χ4n) is 18.8. The number of ketones is 2. The third kappa shape index (κ3) is 9.15. The number of allylic oxidation sites excluding steroid dienone is 3. The number of aliphatic hydroxyl groups is 6. The van der Waals surface area contributed by atoms with E-state index in [0.717, 1.165) is 69.8 Å². The second-order valence-corrected chi connectivity index (χ2v) is 25.9. The van der Waals surface area contributed by atoms with Crippen LogP contribution in [0.5, 0.6) is 0 Å². The van der Waals surface area contributed by atoms with Gasteiger partial charge in [0.2, 0.25) is 0 Å². The highest BCUT2D eigenvalue weighted by Gasteiger charge is 2.75. The van der Waals surface area contributed by atoms with Crippen LogP contribution in [0.2, 0.25) is 0 Å². The summed E-state index contributed by atoms with van der Waals surface area (Å²) in [7, 11) is 0. The van der Waals surface area contributed by atoms with E-state index < -0.39 is 88.4 Å². The molecule has 75 heavy (non-hydrogen) atoms. The largest absolute Gasteiger partial charge is 0.465 e. The van der Waals surface area contributed by atoms with Gasteiger partial charge in [-0.3, -0.25) is 19.4 Å². The number of hydrogen-bond donors (Lipinski definition) is 10. The van der Waals surface area contributed by atoms with E-state index in [1.165, 1.54) is 12.5 Å². The first-order valence-electron chi connectivity index (χ1n) is 28.9. The number of hydrogen-bond acceptors (Lipinski definition) is 12. The molecule has 15 nitrogen and oxygen atoms in total. The summed E-state index contributed by atoms with van der Waals surface area (Å²) in [5, 5.41) is 78.6. The van der Waals surface area contributed by atoms with Crippen LogP contribution in [-0.4, -0.2) is 114 Å². The van der Waals surface area contributed by atoms with Gasteiger partial charge in [-0.15, -0.1) is 5.92 Å². The number of esters is 1. The predicted octanol–water partition coefficient (Wildman–Crippen LogP) is 5.32. The minimum absolute atomic E-state index is 0.0104. The van der Waals surface area contributed by atoms with Crippen LogP contribution in [0.15, 0.2) is 46.4 Å². The molecule has 1 aromatic heterocycles. The molecule has 10 rings (SSSR count). The number of nitrogens with zero attached hydrogens (tertiary/aromatic N) is 1. The van der Waals surface area contributed by atoms with E-state index in [1.807, 2.05) is 18.5 Å². The number of cyclic esters (lactones) is 1. The Morgan fingerprint density at radius 1 is 0.973 bits per heavy atom. The van der Waals surface area contributed by atoms with Crippen molar-refractivity contribution in [1.29, 1.82) is 0 Å². The van der Waals surface area contributed by atoms with Crippen LogP contribution < -0.4 is 16.8 Å². The molecule has 0 bridgehead atoms. The molecule has 12 N–H and O–H groups in total. The lowest BCUT2D eigenvalue weighted by atomic mass is 9.40. The van der Waals surface area contributed by atoms with Crippen molar-refractivity contribution in [1.82, 2.24) is 10.3 Å². The van der Waals surface area contributed by atoms with E-state index in [-0.39, 0.29) is 111 Å². The molecule has 2 heterocycles. The second-order valence-electron chi connectivity index (χ2n) is 25.9. The SMILES string of the molecule is CC(=O)C(CO)NC1=C2C(CCC3(CCN=C(N)N)C4C(CC#CC(C5COC(=O)C5c5cc[nH]c5)CC5C6CC(C)CCC6=CCC5C(C)CC(O)C4(C)O)CC23O)C2(C3CCCCC3)CC(O)C(O)CC2C1=O. The van der Waals surface area contributed by atoms with Gasteiger partial charge in [-0.05, 0) is 174 Å². The highest BCUT2D eigenvalue weighted by atomic mass is 16.5. The third-order valence-electron chi connectivity index (χ3n) is 22.1. The van der Waals surface area contributed by atoms with Gasteiger partial charge in [-0.2, -0.15) is 0 Å². The summed E-state index contributed by atoms with van der Waals surface area (Å²) >= 11 is 0. The van der Waals surface area contributed by atoms with Crippen LogP contribution in [0.1, 0.15) is 155 Å². The number of rotatable bonds is 10. The minimum atomic E-state index is -1.89. The molecule has 0 radical (unpaired) electrons. The summed E-state index contributed by atoms with van der Waals surface area (Å²) in [6.07, 6.45) is 13.7. The minimum Gasteiger partial charge on any atom is -0.465 e. The van der Waals surface area contributed by atoms with Gasteiger partial charge < -0.3 is 57.1 Å². The lowest BCUT2D eigenvalue weighted by Crippen LogP contribution is -2.67. The number of aromatic nitrogens is 1. The lowest BCUT2D eigenvalue weighted by molar-refractivity contribution is -0.198. The van der Waals surface area contributed by atoms with Crippen LogP contribution >= 0.6 is 0 Å². The number of aliphatic hydroxyl groups excluding tert-OH is 4. The van der Waals surface area contributed by atoms with Crippen LogP contribution in [0.25, 0.3) is 0 Å². The molecule has 9 aliphatic rings. The van der Waals surface area contributed by atoms with Crippen molar-refractivity contribution in [2.24, 2.45) is 98.3 Å². The van der Waals surface area contributed by atoms with E-state index >= 15 is 4.79 Å². The summed E-state index contributed by atoms with van der Waals surface area (Å²) in [6.45, 7) is 7.31. The van der Waals surface area contributed by atoms with Gasteiger partial charge in [0.15, 0.2) is 17.5 Å². The average molecular weight is 1040 g/mol. The van der Waals surface area contributed by atoms with E-state index in [9.17, 15) is 40.2 Å². The number of fused-ring (bicyclic) bond motifs is 10. The standard InChI is InChI=1S/C60H87N5O10/c1-32-13-14-35-15-16-40-33(2)24-49(70)57(4,73)54-37(10-8-9-36(25-42(40)41(35)23-32)43-31-75-55(72)50(43)38-18-21-63-29-38)27-60(74)51-44(17-19-58(54,60)20-22-64-56(61)62)59(39-11-6-5-7-12-39)28-48(69)47(68)26-45(59)53(71)52(51)65-46(30-66)34(3)67/h15,18,21,29,32-33,36-37,39-50,54,63,65-66,68-70,73-74H,5-7,10-14,16-17,19-20,22-28,30-31H2,1-4H3,(H4,61,62,64). The van der Waals surface area contributed by atoms with Gasteiger partial charge in [0.05, 0.1) is 54.3 Å². The third-order valence-corrected chi connectivity index (χ3v) is 22.1. The van der Waals surface area contributed by atoms with Crippen molar-refractivity contribution in [3.8, 4) is 11.8 Å². The molecule has 0 amide bonds. The zero-order valence-electron chi connectivity index (χ0n) is 44.9. The van der Waals surface area contributed by atoms with E-state index in [1.54, 1.807) is 6.92 Å². The average Bonchev–Trinajstić information content (AvgIpc) is 4.14. The summed E-state index contributed by atoms with van der Waals surface area (Å²) < 4.78 is 5.94. The van der Waals surface area contributed by atoms with Gasteiger partial charge in [-0.25, -0.2) is 0 Å². The van der Waals surface area contributed by atoms with Gasteiger partial charge in [-0.1, -0.05) is 50.7 Å².